The molecule has 2 amide bonds. The van der Waals surface area contributed by atoms with Gasteiger partial charge in [-0.05, 0) is 24.6 Å². The van der Waals surface area contributed by atoms with Crippen molar-refractivity contribution in [3.63, 3.8) is 0 Å². The molecule has 0 spiro atoms. The Morgan fingerprint density at radius 2 is 2.19 bits per heavy atom. The molecule has 1 aromatic rings. The second-order valence-corrected chi connectivity index (χ2v) is 3.82. The van der Waals surface area contributed by atoms with Crippen LogP contribution in [0.4, 0.5) is 10.5 Å². The molecule has 1 aliphatic rings. The van der Waals surface area contributed by atoms with E-state index in [1.54, 1.807) is 24.1 Å². The van der Waals surface area contributed by atoms with E-state index in [1.165, 1.54) is 6.07 Å². The lowest BCUT2D eigenvalue weighted by Gasteiger charge is -2.32. The smallest absolute Gasteiger partial charge is 0.335 e. The van der Waals surface area contributed by atoms with Crippen LogP contribution in [0.3, 0.4) is 0 Å². The highest BCUT2D eigenvalue weighted by molar-refractivity contribution is 5.96. The average Bonchev–Trinajstić information content (AvgIpc) is 2.25. The van der Waals surface area contributed by atoms with Crippen molar-refractivity contribution in [3.05, 3.63) is 29.3 Å². The molecular weight excluding hydrogens is 208 g/mol. The van der Waals surface area contributed by atoms with E-state index >= 15 is 0 Å². The highest BCUT2D eigenvalue weighted by Crippen LogP contribution is 2.32. The lowest BCUT2D eigenvalue weighted by Crippen LogP contribution is -2.38. The van der Waals surface area contributed by atoms with Crippen LogP contribution < -0.4 is 5.32 Å². The second-order valence-electron chi connectivity index (χ2n) is 3.82. The van der Waals surface area contributed by atoms with Crippen molar-refractivity contribution in [2.45, 2.75) is 13.0 Å². The van der Waals surface area contributed by atoms with Crippen molar-refractivity contribution >= 4 is 17.7 Å². The van der Waals surface area contributed by atoms with Crippen LogP contribution in [0.1, 0.15) is 28.9 Å². The summed E-state index contributed by atoms with van der Waals surface area (Å²) >= 11 is 0. The third kappa shape index (κ3) is 1.50. The Morgan fingerprint density at radius 1 is 1.50 bits per heavy atom. The number of amides is 2. The van der Waals surface area contributed by atoms with E-state index < -0.39 is 5.97 Å². The van der Waals surface area contributed by atoms with Crippen LogP contribution in [-0.2, 0) is 0 Å². The lowest BCUT2D eigenvalue weighted by atomic mass is 10.0. The molecule has 1 heterocycles. The number of aromatic carboxylic acids is 1. The van der Waals surface area contributed by atoms with Gasteiger partial charge in [0.05, 0.1) is 11.6 Å². The Hall–Kier alpha value is -2.04. The molecule has 0 fully saturated rings. The number of benzene rings is 1. The van der Waals surface area contributed by atoms with E-state index in [9.17, 15) is 9.59 Å². The largest absolute Gasteiger partial charge is 0.478 e. The zero-order valence-electron chi connectivity index (χ0n) is 9.02. The molecule has 1 aliphatic heterocycles. The first-order chi connectivity index (χ1) is 7.50. The van der Waals surface area contributed by atoms with E-state index in [1.807, 2.05) is 6.92 Å². The number of carbonyl (C=O) groups is 2. The Kier molecular flexibility index (Phi) is 2.30. The van der Waals surface area contributed by atoms with Crippen molar-refractivity contribution in [2.75, 3.05) is 12.4 Å². The molecule has 5 heteroatoms. The fourth-order valence-electron chi connectivity index (χ4n) is 1.75. The van der Waals surface area contributed by atoms with Gasteiger partial charge in [0.15, 0.2) is 0 Å². The Balaban J connectivity index is 2.49. The summed E-state index contributed by atoms with van der Waals surface area (Å²) < 4.78 is 0. The van der Waals surface area contributed by atoms with E-state index in [0.29, 0.717) is 5.69 Å². The van der Waals surface area contributed by atoms with Crippen molar-refractivity contribution < 1.29 is 14.7 Å². The number of carbonyl (C=O) groups excluding carboxylic acids is 1. The Bertz CT molecular complexity index is 470. The van der Waals surface area contributed by atoms with Gasteiger partial charge in [-0.15, -0.1) is 0 Å². The molecule has 0 saturated heterocycles. The summed E-state index contributed by atoms with van der Waals surface area (Å²) in [6.07, 6.45) is 0. The Morgan fingerprint density at radius 3 is 2.81 bits per heavy atom. The molecule has 0 saturated carbocycles. The summed E-state index contributed by atoms with van der Waals surface area (Å²) in [5.41, 5.74) is 1.68. The number of hydrogen-bond donors (Lipinski definition) is 2. The molecular formula is C11H12N2O3. The molecule has 0 aliphatic carbocycles. The van der Waals surface area contributed by atoms with Gasteiger partial charge in [0, 0.05) is 12.7 Å². The third-order valence-corrected chi connectivity index (χ3v) is 2.89. The third-order valence-electron chi connectivity index (χ3n) is 2.89. The standard InChI is InChI=1S/C11H12N2O3/c1-6-8-4-3-7(10(14)15)5-9(8)12-11(16)13(6)2/h3-6H,1-2H3,(H,12,16)(H,14,15)/t6-/m0/s1. The van der Waals surface area contributed by atoms with Crippen molar-refractivity contribution in [1.82, 2.24) is 4.90 Å². The SMILES string of the molecule is C[C@H]1c2ccc(C(=O)O)cc2NC(=O)N1C. The first-order valence-corrected chi connectivity index (χ1v) is 4.91. The van der Waals surface area contributed by atoms with Gasteiger partial charge < -0.3 is 15.3 Å². The number of hydrogen-bond acceptors (Lipinski definition) is 2. The molecule has 1 atom stereocenters. The number of nitrogens with zero attached hydrogens (tertiary/aromatic N) is 1. The minimum atomic E-state index is -0.997. The van der Waals surface area contributed by atoms with Gasteiger partial charge in [0.25, 0.3) is 0 Å². The second kappa shape index (κ2) is 3.52. The molecule has 5 nitrogen and oxygen atoms in total. The number of carboxylic acid groups (broad SMARTS) is 1. The van der Waals surface area contributed by atoms with Gasteiger partial charge in [0.2, 0.25) is 0 Å². The summed E-state index contributed by atoms with van der Waals surface area (Å²) in [4.78, 5) is 23.9. The molecule has 0 bridgehead atoms. The molecule has 2 rings (SSSR count). The number of anilines is 1. The Labute approximate surface area is 92.7 Å². The van der Waals surface area contributed by atoms with Gasteiger partial charge in [-0.25, -0.2) is 9.59 Å². The van der Waals surface area contributed by atoms with Crippen molar-refractivity contribution in [3.8, 4) is 0 Å². The number of urea groups is 1. The van der Waals surface area contributed by atoms with E-state index in [0.717, 1.165) is 5.56 Å². The maximum absolute atomic E-state index is 11.5. The number of fused-ring (bicyclic) bond motifs is 1. The molecule has 1 aromatic carbocycles. The number of rotatable bonds is 1. The number of carboxylic acids is 1. The fraction of sp³-hybridized carbons (Fsp3) is 0.273. The summed E-state index contributed by atoms with van der Waals surface area (Å²) in [7, 11) is 1.70. The predicted molar refractivity (Wildman–Crippen MR) is 58.6 cm³/mol. The summed E-state index contributed by atoms with van der Waals surface area (Å²) in [6.45, 7) is 1.90. The van der Waals surface area contributed by atoms with Gasteiger partial charge >= 0.3 is 12.0 Å². The van der Waals surface area contributed by atoms with Crippen LogP contribution in [0.15, 0.2) is 18.2 Å². The van der Waals surface area contributed by atoms with Crippen LogP contribution in [0.5, 0.6) is 0 Å². The van der Waals surface area contributed by atoms with E-state index in [-0.39, 0.29) is 17.6 Å². The lowest BCUT2D eigenvalue weighted by molar-refractivity contribution is 0.0696. The van der Waals surface area contributed by atoms with Gasteiger partial charge in [0.1, 0.15) is 0 Å². The molecule has 0 unspecified atom stereocenters. The first-order valence-electron chi connectivity index (χ1n) is 4.91. The monoisotopic (exact) mass is 220 g/mol. The van der Waals surface area contributed by atoms with Crippen molar-refractivity contribution in [1.29, 1.82) is 0 Å². The van der Waals surface area contributed by atoms with Crippen LogP contribution >= 0.6 is 0 Å². The highest BCUT2D eigenvalue weighted by Gasteiger charge is 2.26. The normalized spacial score (nSPS) is 19.0. The van der Waals surface area contributed by atoms with Crippen LogP contribution in [0.25, 0.3) is 0 Å². The minimum Gasteiger partial charge on any atom is -0.478 e. The summed E-state index contributed by atoms with van der Waals surface area (Å²) in [5, 5.41) is 11.5. The summed E-state index contributed by atoms with van der Waals surface area (Å²) in [5.74, 6) is -0.997. The zero-order chi connectivity index (χ0) is 11.9. The summed E-state index contributed by atoms with van der Waals surface area (Å²) in [6, 6.07) is 4.50. The minimum absolute atomic E-state index is 0.0494. The number of nitrogens with one attached hydrogen (secondary N) is 1. The van der Waals surface area contributed by atoms with Gasteiger partial charge in [-0.2, -0.15) is 0 Å². The average molecular weight is 220 g/mol. The molecule has 0 radical (unpaired) electrons. The van der Waals surface area contributed by atoms with Crippen molar-refractivity contribution in [2.24, 2.45) is 0 Å². The quantitative estimate of drug-likeness (QED) is 0.759. The first kappa shape index (κ1) is 10.5. The fourth-order valence-corrected chi connectivity index (χ4v) is 1.75. The molecule has 84 valence electrons. The van der Waals surface area contributed by atoms with E-state index in [4.69, 9.17) is 5.11 Å². The van der Waals surface area contributed by atoms with Crippen LogP contribution in [-0.4, -0.2) is 29.1 Å². The van der Waals surface area contributed by atoms with Crippen LogP contribution in [0, 0.1) is 0 Å². The van der Waals surface area contributed by atoms with Crippen LogP contribution in [0.2, 0.25) is 0 Å². The zero-order valence-corrected chi connectivity index (χ0v) is 9.02. The molecule has 16 heavy (non-hydrogen) atoms. The van der Waals surface area contributed by atoms with Gasteiger partial charge in [-0.1, -0.05) is 6.07 Å². The molecule has 2 N–H and O–H groups in total. The maximum Gasteiger partial charge on any atom is 0.335 e. The van der Waals surface area contributed by atoms with E-state index in [2.05, 4.69) is 5.32 Å². The molecule has 0 aromatic heterocycles. The predicted octanol–water partition coefficient (Wildman–Crippen LogP) is 1.92. The highest BCUT2D eigenvalue weighted by atomic mass is 16.4. The van der Waals surface area contributed by atoms with Gasteiger partial charge in [-0.3, -0.25) is 0 Å². The topological polar surface area (TPSA) is 69.6 Å². The maximum atomic E-state index is 11.5.